The van der Waals surface area contributed by atoms with Gasteiger partial charge in [-0.25, -0.2) is 8.78 Å². The summed E-state index contributed by atoms with van der Waals surface area (Å²) in [6, 6.07) is 11.3. The van der Waals surface area contributed by atoms with Crippen molar-refractivity contribution < 1.29 is 8.78 Å². The van der Waals surface area contributed by atoms with Crippen molar-refractivity contribution in [3.05, 3.63) is 69.7 Å². The maximum absolute atomic E-state index is 14.3. The lowest BCUT2D eigenvalue weighted by Gasteiger charge is -1.97. The molecule has 1 heterocycles. The first-order valence-corrected chi connectivity index (χ1v) is 7.26. The third-order valence-electron chi connectivity index (χ3n) is 3.69. The van der Waals surface area contributed by atoms with E-state index in [0.717, 1.165) is 16.2 Å². The normalized spacial score (nSPS) is 11.5. The number of benzene rings is 2. The van der Waals surface area contributed by atoms with Crippen molar-refractivity contribution in [1.29, 1.82) is 0 Å². The molecule has 0 aliphatic rings. The molecule has 102 valence electrons. The van der Waals surface area contributed by atoms with Gasteiger partial charge in [0.1, 0.15) is 0 Å². The Labute approximate surface area is 122 Å². The average molecular weight is 298 g/mol. The Hall–Kier alpha value is -2.33. The van der Waals surface area contributed by atoms with Crippen molar-refractivity contribution in [1.82, 2.24) is 0 Å². The summed E-state index contributed by atoms with van der Waals surface area (Å²) >= 11 is 1.42. The highest BCUT2D eigenvalue weighted by molar-refractivity contribution is 7.18. The van der Waals surface area contributed by atoms with Gasteiger partial charge in [0.25, 0.3) is 0 Å². The predicted molar refractivity (Wildman–Crippen MR) is 83.0 cm³/mol. The second-order valence-electron chi connectivity index (χ2n) is 4.82. The first kappa shape index (κ1) is 12.4. The van der Waals surface area contributed by atoms with Crippen LogP contribution in [0.25, 0.3) is 31.6 Å². The summed E-state index contributed by atoms with van der Waals surface area (Å²) in [7, 11) is 0. The minimum Gasteiger partial charge on any atom is -0.289 e. The van der Waals surface area contributed by atoms with Crippen LogP contribution in [0.2, 0.25) is 0 Å². The molecule has 3 aromatic carbocycles. The zero-order chi connectivity index (χ0) is 14.6. The molecular formula is C17H8F2OS. The van der Waals surface area contributed by atoms with E-state index in [0.29, 0.717) is 10.8 Å². The molecule has 0 bridgehead atoms. The van der Waals surface area contributed by atoms with Crippen LogP contribution in [-0.4, -0.2) is 0 Å². The maximum Gasteiger partial charge on any atom is 0.194 e. The fourth-order valence-corrected chi connectivity index (χ4v) is 3.68. The van der Waals surface area contributed by atoms with E-state index in [1.54, 1.807) is 18.2 Å². The summed E-state index contributed by atoms with van der Waals surface area (Å²) in [5, 5.41) is 3.96. The summed E-state index contributed by atoms with van der Waals surface area (Å²) in [5.74, 6) is -1.90. The lowest BCUT2D eigenvalue weighted by molar-refractivity contribution is 0.517. The molecule has 4 rings (SSSR count). The smallest absolute Gasteiger partial charge is 0.194 e. The summed E-state index contributed by atoms with van der Waals surface area (Å²) < 4.78 is 28.7. The van der Waals surface area contributed by atoms with Crippen LogP contribution in [0, 0.1) is 11.6 Å². The molecule has 0 atom stereocenters. The average Bonchev–Trinajstić information content (AvgIpc) is 2.94. The Kier molecular flexibility index (Phi) is 2.56. The van der Waals surface area contributed by atoms with Crippen molar-refractivity contribution in [3.63, 3.8) is 0 Å². The molecule has 0 fully saturated rings. The van der Waals surface area contributed by atoms with Crippen LogP contribution in [-0.2, 0) is 0 Å². The zero-order valence-electron chi connectivity index (χ0n) is 10.7. The molecule has 0 radical (unpaired) electrons. The van der Waals surface area contributed by atoms with Gasteiger partial charge in [0.15, 0.2) is 17.1 Å². The molecule has 0 aliphatic carbocycles. The monoisotopic (exact) mass is 298 g/mol. The summed E-state index contributed by atoms with van der Waals surface area (Å²) in [5.41, 5.74) is -0.275. The lowest BCUT2D eigenvalue weighted by atomic mass is 10.1. The second kappa shape index (κ2) is 4.33. The molecule has 0 unspecified atom stereocenters. The van der Waals surface area contributed by atoms with E-state index >= 15 is 0 Å². The van der Waals surface area contributed by atoms with Gasteiger partial charge in [0, 0.05) is 31.6 Å². The molecule has 1 nitrogen and oxygen atoms in total. The number of rotatable bonds is 0. The molecule has 1 aromatic heterocycles. The van der Waals surface area contributed by atoms with Crippen molar-refractivity contribution in [2.75, 3.05) is 0 Å². The van der Waals surface area contributed by atoms with Gasteiger partial charge in [0.2, 0.25) is 0 Å². The van der Waals surface area contributed by atoms with Crippen molar-refractivity contribution in [2.45, 2.75) is 0 Å². The third-order valence-corrected chi connectivity index (χ3v) is 4.64. The molecule has 4 aromatic rings. The Morgan fingerprint density at radius 2 is 1.57 bits per heavy atom. The molecular weight excluding hydrogens is 290 g/mol. The van der Waals surface area contributed by atoms with Crippen molar-refractivity contribution >= 4 is 43.0 Å². The van der Waals surface area contributed by atoms with Crippen LogP contribution >= 0.6 is 11.3 Å². The molecule has 0 N–H and O–H groups in total. The van der Waals surface area contributed by atoms with Crippen LogP contribution in [0.4, 0.5) is 8.78 Å². The van der Waals surface area contributed by atoms with Gasteiger partial charge < -0.3 is 0 Å². The highest BCUT2D eigenvalue weighted by atomic mass is 32.1. The standard InChI is InChI=1S/C17H8F2OS/c18-13-6-5-11-14(15(13)19)12-7-8-21-17(12)10-4-2-1-3-9(10)16(11)20/h1-8H. The topological polar surface area (TPSA) is 17.1 Å². The van der Waals surface area contributed by atoms with Crippen LogP contribution in [0.15, 0.2) is 52.6 Å². The SMILES string of the molecule is O=c1c2ccccc2c2sccc2c2c(F)c(F)ccc12. The number of fused-ring (bicyclic) bond motifs is 5. The van der Waals surface area contributed by atoms with Gasteiger partial charge in [0.05, 0.1) is 0 Å². The summed E-state index contributed by atoms with van der Waals surface area (Å²) in [6.45, 7) is 0. The quantitative estimate of drug-likeness (QED) is 0.454. The summed E-state index contributed by atoms with van der Waals surface area (Å²) in [6.07, 6.45) is 0. The van der Waals surface area contributed by atoms with Gasteiger partial charge in [-0.15, -0.1) is 11.3 Å². The molecule has 0 amide bonds. The number of thiophene rings is 1. The van der Waals surface area contributed by atoms with E-state index in [1.807, 2.05) is 17.5 Å². The lowest BCUT2D eigenvalue weighted by Crippen LogP contribution is -1.99. The molecule has 0 saturated heterocycles. The van der Waals surface area contributed by atoms with Crippen molar-refractivity contribution in [3.8, 4) is 0 Å². The van der Waals surface area contributed by atoms with E-state index in [2.05, 4.69) is 0 Å². The fourth-order valence-electron chi connectivity index (χ4n) is 2.74. The van der Waals surface area contributed by atoms with Crippen LogP contribution < -0.4 is 5.43 Å². The highest BCUT2D eigenvalue weighted by Crippen LogP contribution is 2.33. The predicted octanol–water partition coefficient (Wildman–Crippen LogP) is 4.85. The first-order chi connectivity index (χ1) is 10.2. The number of halogens is 2. The minimum atomic E-state index is -0.965. The van der Waals surface area contributed by atoms with Crippen LogP contribution in [0.1, 0.15) is 0 Å². The van der Waals surface area contributed by atoms with Gasteiger partial charge in [-0.3, -0.25) is 4.79 Å². The van der Waals surface area contributed by atoms with E-state index < -0.39 is 11.6 Å². The van der Waals surface area contributed by atoms with Crippen LogP contribution in [0.5, 0.6) is 0 Å². The van der Waals surface area contributed by atoms with Crippen LogP contribution in [0.3, 0.4) is 0 Å². The number of hydrogen-bond acceptors (Lipinski definition) is 2. The van der Waals surface area contributed by atoms with E-state index in [9.17, 15) is 13.6 Å². The molecule has 4 heteroatoms. The minimum absolute atomic E-state index is 0.0625. The Bertz CT molecular complexity index is 1080. The Balaban J connectivity index is 2.53. The first-order valence-electron chi connectivity index (χ1n) is 6.38. The summed E-state index contributed by atoms with van der Waals surface area (Å²) in [4.78, 5) is 12.7. The molecule has 0 saturated carbocycles. The van der Waals surface area contributed by atoms with E-state index in [4.69, 9.17) is 0 Å². The highest BCUT2D eigenvalue weighted by Gasteiger charge is 2.15. The van der Waals surface area contributed by atoms with Gasteiger partial charge >= 0.3 is 0 Å². The fraction of sp³-hybridized carbons (Fsp3) is 0. The Morgan fingerprint density at radius 3 is 2.38 bits per heavy atom. The third kappa shape index (κ3) is 1.63. The van der Waals surface area contributed by atoms with E-state index in [-0.39, 0.29) is 16.2 Å². The zero-order valence-corrected chi connectivity index (χ0v) is 11.5. The van der Waals surface area contributed by atoms with E-state index in [1.165, 1.54) is 17.4 Å². The molecule has 21 heavy (non-hydrogen) atoms. The van der Waals surface area contributed by atoms with Gasteiger partial charge in [-0.1, -0.05) is 24.3 Å². The molecule has 0 aliphatic heterocycles. The van der Waals surface area contributed by atoms with Gasteiger partial charge in [-0.2, -0.15) is 0 Å². The largest absolute Gasteiger partial charge is 0.289 e. The Morgan fingerprint density at radius 1 is 0.810 bits per heavy atom. The number of hydrogen-bond donors (Lipinski definition) is 0. The second-order valence-corrected chi connectivity index (χ2v) is 5.74. The molecule has 0 spiro atoms. The van der Waals surface area contributed by atoms with Crippen molar-refractivity contribution in [2.24, 2.45) is 0 Å². The van der Waals surface area contributed by atoms with Gasteiger partial charge in [-0.05, 0) is 23.6 Å². The maximum atomic E-state index is 14.3.